The number of nitrogens with one attached hydrogen (secondary N) is 1. The number of rotatable bonds is 8. The predicted molar refractivity (Wildman–Crippen MR) is 70.8 cm³/mol. The molecule has 1 unspecified atom stereocenters. The molecule has 0 saturated carbocycles. The fourth-order valence-electron chi connectivity index (χ4n) is 1.32. The van der Waals surface area contributed by atoms with E-state index in [0.29, 0.717) is 13.2 Å². The van der Waals surface area contributed by atoms with E-state index in [1.165, 1.54) is 0 Å². The summed E-state index contributed by atoms with van der Waals surface area (Å²) in [5, 5.41) is 2.68. The molecule has 0 aliphatic heterocycles. The monoisotopic (exact) mass is 275 g/mol. The van der Waals surface area contributed by atoms with Crippen LogP contribution in [0.5, 0.6) is 0 Å². The van der Waals surface area contributed by atoms with Crippen LogP contribution >= 0.6 is 0 Å². The van der Waals surface area contributed by atoms with Gasteiger partial charge in [-0.15, -0.1) is 0 Å². The maximum Gasteiger partial charge on any atom is 0.306 e. The van der Waals surface area contributed by atoms with Crippen LogP contribution < -0.4 is 5.32 Å². The zero-order valence-electron chi connectivity index (χ0n) is 12.4. The lowest BCUT2D eigenvalue weighted by atomic mass is 10.2. The van der Waals surface area contributed by atoms with Crippen LogP contribution in [0.1, 0.15) is 33.6 Å². The van der Waals surface area contributed by atoms with Crippen LogP contribution in [0.3, 0.4) is 0 Å². The van der Waals surface area contributed by atoms with Crippen LogP contribution in [0.4, 0.5) is 0 Å². The SMILES string of the molecule is COCC(CNC(=O)CCC(=O)OC(C)(C)C)OC. The van der Waals surface area contributed by atoms with Crippen molar-refractivity contribution in [1.29, 1.82) is 0 Å². The average molecular weight is 275 g/mol. The second kappa shape index (κ2) is 8.87. The van der Waals surface area contributed by atoms with Gasteiger partial charge >= 0.3 is 5.97 Å². The Balaban J connectivity index is 3.84. The van der Waals surface area contributed by atoms with Crippen LogP contribution in [-0.4, -0.2) is 51.0 Å². The molecule has 0 aromatic rings. The highest BCUT2D eigenvalue weighted by Gasteiger charge is 2.17. The molecule has 112 valence electrons. The van der Waals surface area contributed by atoms with Crippen molar-refractivity contribution < 1.29 is 23.8 Å². The summed E-state index contributed by atoms with van der Waals surface area (Å²) < 4.78 is 15.1. The smallest absolute Gasteiger partial charge is 0.306 e. The lowest BCUT2D eigenvalue weighted by Gasteiger charge is -2.19. The highest BCUT2D eigenvalue weighted by molar-refractivity contribution is 5.81. The minimum absolute atomic E-state index is 0.0744. The first-order valence-corrected chi connectivity index (χ1v) is 6.28. The lowest BCUT2D eigenvalue weighted by Crippen LogP contribution is -2.36. The van der Waals surface area contributed by atoms with E-state index in [1.807, 2.05) is 0 Å². The predicted octanol–water partition coefficient (Wildman–Crippen LogP) is 0.886. The van der Waals surface area contributed by atoms with E-state index in [4.69, 9.17) is 14.2 Å². The first kappa shape index (κ1) is 17.9. The Morgan fingerprint density at radius 3 is 2.26 bits per heavy atom. The van der Waals surface area contributed by atoms with Gasteiger partial charge in [-0.2, -0.15) is 0 Å². The molecular weight excluding hydrogens is 250 g/mol. The number of carbonyl (C=O) groups is 2. The van der Waals surface area contributed by atoms with E-state index in [2.05, 4.69) is 5.32 Å². The highest BCUT2D eigenvalue weighted by atomic mass is 16.6. The number of hydrogen-bond acceptors (Lipinski definition) is 5. The molecule has 1 amide bonds. The van der Waals surface area contributed by atoms with Crippen LogP contribution in [0.2, 0.25) is 0 Å². The molecule has 1 atom stereocenters. The van der Waals surface area contributed by atoms with Gasteiger partial charge in [0.1, 0.15) is 5.60 Å². The fraction of sp³-hybridized carbons (Fsp3) is 0.846. The quantitative estimate of drug-likeness (QED) is 0.666. The molecule has 1 N–H and O–H groups in total. The number of carbonyl (C=O) groups excluding carboxylic acids is 2. The number of ether oxygens (including phenoxy) is 3. The molecule has 0 fully saturated rings. The first-order chi connectivity index (χ1) is 8.78. The van der Waals surface area contributed by atoms with Gasteiger partial charge in [-0.05, 0) is 20.8 Å². The summed E-state index contributed by atoms with van der Waals surface area (Å²) in [5.74, 6) is -0.577. The summed E-state index contributed by atoms with van der Waals surface area (Å²) in [6, 6.07) is 0. The van der Waals surface area contributed by atoms with Crippen molar-refractivity contribution in [2.24, 2.45) is 0 Å². The summed E-state index contributed by atoms with van der Waals surface area (Å²) >= 11 is 0. The van der Waals surface area contributed by atoms with Crippen molar-refractivity contribution in [3.8, 4) is 0 Å². The topological polar surface area (TPSA) is 73.9 Å². The van der Waals surface area contributed by atoms with Gasteiger partial charge in [0.05, 0.1) is 19.1 Å². The zero-order valence-corrected chi connectivity index (χ0v) is 12.4. The molecular formula is C13H25NO5. The number of amides is 1. The maximum absolute atomic E-state index is 11.5. The highest BCUT2D eigenvalue weighted by Crippen LogP contribution is 2.08. The van der Waals surface area contributed by atoms with E-state index in [-0.39, 0.29) is 30.8 Å². The van der Waals surface area contributed by atoms with Crippen LogP contribution in [-0.2, 0) is 23.8 Å². The summed E-state index contributed by atoms with van der Waals surface area (Å²) in [6.07, 6.45) is -0.000855. The molecule has 6 nitrogen and oxygen atoms in total. The number of methoxy groups -OCH3 is 2. The first-order valence-electron chi connectivity index (χ1n) is 6.28. The van der Waals surface area contributed by atoms with Gasteiger partial charge < -0.3 is 19.5 Å². The molecule has 0 saturated heterocycles. The van der Waals surface area contributed by atoms with Crippen LogP contribution in [0.25, 0.3) is 0 Å². The standard InChI is InChI=1S/C13H25NO5/c1-13(2,3)19-12(16)7-6-11(15)14-8-10(18-5)9-17-4/h10H,6-9H2,1-5H3,(H,14,15). The summed E-state index contributed by atoms with van der Waals surface area (Å²) in [7, 11) is 3.12. The molecule has 0 aliphatic rings. The third kappa shape index (κ3) is 10.5. The van der Waals surface area contributed by atoms with Gasteiger partial charge in [-0.25, -0.2) is 0 Å². The zero-order chi connectivity index (χ0) is 14.9. The number of hydrogen-bond donors (Lipinski definition) is 1. The van der Waals surface area contributed by atoms with Crippen molar-refractivity contribution in [3.05, 3.63) is 0 Å². The lowest BCUT2D eigenvalue weighted by molar-refractivity contribution is -0.155. The molecule has 19 heavy (non-hydrogen) atoms. The second-order valence-corrected chi connectivity index (χ2v) is 5.20. The van der Waals surface area contributed by atoms with Crippen molar-refractivity contribution in [2.75, 3.05) is 27.4 Å². The maximum atomic E-state index is 11.5. The van der Waals surface area contributed by atoms with Gasteiger partial charge in [0.2, 0.25) is 5.91 Å². The normalized spacial score (nSPS) is 12.9. The molecule has 0 radical (unpaired) electrons. The van der Waals surface area contributed by atoms with Gasteiger partial charge in [-0.1, -0.05) is 0 Å². The summed E-state index contributed by atoms with van der Waals surface area (Å²) in [5.41, 5.74) is -0.521. The van der Waals surface area contributed by atoms with E-state index >= 15 is 0 Å². The van der Waals surface area contributed by atoms with Gasteiger partial charge in [0, 0.05) is 27.2 Å². The van der Waals surface area contributed by atoms with E-state index in [0.717, 1.165) is 0 Å². The van der Waals surface area contributed by atoms with Crippen molar-refractivity contribution in [2.45, 2.75) is 45.3 Å². The Morgan fingerprint density at radius 2 is 1.79 bits per heavy atom. The van der Waals surface area contributed by atoms with E-state index < -0.39 is 5.60 Å². The Bertz CT molecular complexity index is 285. The van der Waals surface area contributed by atoms with Crippen LogP contribution in [0, 0.1) is 0 Å². The molecule has 0 aliphatic carbocycles. The molecule has 0 rings (SSSR count). The molecule has 6 heteroatoms. The molecule has 0 aromatic heterocycles. The molecule has 0 spiro atoms. The summed E-state index contributed by atoms with van der Waals surface area (Å²) in [4.78, 5) is 22.9. The average Bonchev–Trinajstić information content (AvgIpc) is 2.29. The third-order valence-electron chi connectivity index (χ3n) is 2.19. The Morgan fingerprint density at radius 1 is 1.16 bits per heavy atom. The van der Waals surface area contributed by atoms with Crippen molar-refractivity contribution in [1.82, 2.24) is 5.32 Å². The Kier molecular flexibility index (Phi) is 8.34. The fourth-order valence-corrected chi connectivity index (χ4v) is 1.32. The minimum Gasteiger partial charge on any atom is -0.460 e. The van der Waals surface area contributed by atoms with E-state index in [1.54, 1.807) is 35.0 Å². The number of esters is 1. The molecule has 0 aromatic carbocycles. The van der Waals surface area contributed by atoms with Gasteiger partial charge in [-0.3, -0.25) is 9.59 Å². The summed E-state index contributed by atoms with van der Waals surface area (Å²) in [6.45, 7) is 6.14. The van der Waals surface area contributed by atoms with Gasteiger partial charge in [0.25, 0.3) is 0 Å². The minimum atomic E-state index is -0.521. The van der Waals surface area contributed by atoms with Crippen molar-refractivity contribution in [3.63, 3.8) is 0 Å². The van der Waals surface area contributed by atoms with E-state index in [9.17, 15) is 9.59 Å². The molecule has 0 heterocycles. The largest absolute Gasteiger partial charge is 0.460 e. The third-order valence-corrected chi connectivity index (χ3v) is 2.19. The van der Waals surface area contributed by atoms with Crippen LogP contribution in [0.15, 0.2) is 0 Å². The molecule has 0 bridgehead atoms. The van der Waals surface area contributed by atoms with Gasteiger partial charge in [0.15, 0.2) is 0 Å². The second-order valence-electron chi connectivity index (χ2n) is 5.20. The Labute approximate surface area is 114 Å². The van der Waals surface area contributed by atoms with Crippen molar-refractivity contribution >= 4 is 11.9 Å². The Hall–Kier alpha value is -1.14.